The van der Waals surface area contributed by atoms with Crippen LogP contribution >= 0.6 is 0 Å². The number of hydrogen-bond donors (Lipinski definition) is 1. The third-order valence-electron chi connectivity index (χ3n) is 7.60. The minimum atomic E-state index is -0.842. The summed E-state index contributed by atoms with van der Waals surface area (Å²) in [5, 5.41) is 9.40. The van der Waals surface area contributed by atoms with E-state index in [-0.39, 0.29) is 10.8 Å². The predicted molar refractivity (Wildman–Crippen MR) is 126 cm³/mol. The first-order valence-electron chi connectivity index (χ1n) is 11.7. The zero-order valence-corrected chi connectivity index (χ0v) is 19.9. The van der Waals surface area contributed by atoms with Crippen molar-refractivity contribution in [2.45, 2.75) is 92.9 Å². The molecular formula is C28H40O2. The maximum absolute atomic E-state index is 11.4. The maximum Gasteiger partial charge on any atom is 0.328 e. The van der Waals surface area contributed by atoms with Crippen molar-refractivity contribution >= 4 is 5.97 Å². The van der Waals surface area contributed by atoms with Crippen LogP contribution in [0.25, 0.3) is 0 Å². The molecule has 3 aliphatic carbocycles. The van der Waals surface area contributed by atoms with Crippen molar-refractivity contribution in [2.75, 3.05) is 0 Å². The van der Waals surface area contributed by atoms with Crippen LogP contribution in [0.3, 0.4) is 0 Å². The Bertz CT molecular complexity index is 855. The zero-order valence-electron chi connectivity index (χ0n) is 19.9. The average molecular weight is 409 g/mol. The van der Waals surface area contributed by atoms with Gasteiger partial charge in [0.15, 0.2) is 0 Å². The van der Waals surface area contributed by atoms with Crippen molar-refractivity contribution in [3.63, 3.8) is 0 Å². The number of carbonyl (C=O) groups is 1. The van der Waals surface area contributed by atoms with Crippen LogP contribution in [0.5, 0.6) is 0 Å². The smallest absolute Gasteiger partial charge is 0.328 e. The van der Waals surface area contributed by atoms with E-state index in [1.807, 2.05) is 0 Å². The van der Waals surface area contributed by atoms with Crippen LogP contribution in [0.15, 0.2) is 57.7 Å². The highest BCUT2D eigenvalue weighted by molar-refractivity contribution is 5.81. The molecule has 0 aromatic heterocycles. The van der Waals surface area contributed by atoms with Crippen molar-refractivity contribution in [3.05, 3.63) is 57.7 Å². The van der Waals surface area contributed by atoms with Crippen LogP contribution in [0.1, 0.15) is 92.9 Å². The molecule has 0 unspecified atom stereocenters. The molecule has 0 aliphatic heterocycles. The fourth-order valence-electron chi connectivity index (χ4n) is 6.32. The van der Waals surface area contributed by atoms with Crippen LogP contribution in [0, 0.1) is 16.7 Å². The highest BCUT2D eigenvalue weighted by atomic mass is 16.4. The molecule has 0 spiro atoms. The van der Waals surface area contributed by atoms with Gasteiger partial charge in [-0.1, -0.05) is 62.6 Å². The number of rotatable bonds is 4. The van der Waals surface area contributed by atoms with Gasteiger partial charge >= 0.3 is 5.97 Å². The SMILES string of the molecule is CC1=C(/C=C/C2=CC(=C/C(=O)O)/C[C@H](C3=C(C)CCCC3(C)C)C2)C(C)(C)CCC1. The van der Waals surface area contributed by atoms with Gasteiger partial charge in [0.2, 0.25) is 0 Å². The highest BCUT2D eigenvalue weighted by Gasteiger charge is 2.35. The van der Waals surface area contributed by atoms with E-state index in [1.54, 1.807) is 5.57 Å². The minimum Gasteiger partial charge on any atom is -0.478 e. The third-order valence-corrected chi connectivity index (χ3v) is 7.60. The molecule has 3 aliphatic rings. The Morgan fingerprint density at radius 1 is 0.967 bits per heavy atom. The lowest BCUT2D eigenvalue weighted by Gasteiger charge is -2.41. The van der Waals surface area contributed by atoms with E-state index in [1.165, 1.54) is 66.9 Å². The molecule has 0 fully saturated rings. The molecule has 3 rings (SSSR count). The molecule has 0 radical (unpaired) electrons. The summed E-state index contributed by atoms with van der Waals surface area (Å²) in [6, 6.07) is 0. The molecule has 164 valence electrons. The lowest BCUT2D eigenvalue weighted by atomic mass is 9.64. The Kier molecular flexibility index (Phi) is 6.65. The van der Waals surface area contributed by atoms with Gasteiger partial charge in [0.1, 0.15) is 0 Å². The second-order valence-corrected chi connectivity index (χ2v) is 11.1. The van der Waals surface area contributed by atoms with Crippen LogP contribution in [0.4, 0.5) is 0 Å². The van der Waals surface area contributed by atoms with Gasteiger partial charge in [0.25, 0.3) is 0 Å². The summed E-state index contributed by atoms with van der Waals surface area (Å²) in [5.41, 5.74) is 8.73. The van der Waals surface area contributed by atoms with Crippen LogP contribution in [-0.2, 0) is 4.79 Å². The Labute approximate surface area is 183 Å². The number of aliphatic carboxylic acids is 1. The van der Waals surface area contributed by atoms with Gasteiger partial charge in [0.05, 0.1) is 0 Å². The first-order chi connectivity index (χ1) is 14.0. The molecule has 0 heterocycles. The van der Waals surface area contributed by atoms with E-state index in [0.717, 1.165) is 18.4 Å². The fraction of sp³-hybridized carbons (Fsp3) is 0.607. The monoisotopic (exact) mass is 408 g/mol. The van der Waals surface area contributed by atoms with Crippen molar-refractivity contribution in [2.24, 2.45) is 16.7 Å². The molecule has 0 saturated heterocycles. The van der Waals surface area contributed by atoms with Crippen LogP contribution < -0.4 is 0 Å². The van der Waals surface area contributed by atoms with Crippen molar-refractivity contribution in [1.82, 2.24) is 0 Å². The largest absolute Gasteiger partial charge is 0.478 e. The number of hydrogen-bond acceptors (Lipinski definition) is 1. The van der Waals surface area contributed by atoms with Crippen LogP contribution in [-0.4, -0.2) is 11.1 Å². The molecule has 0 aromatic rings. The molecule has 30 heavy (non-hydrogen) atoms. The molecule has 2 heteroatoms. The standard InChI is InChI=1S/C28H40O2/c1-19-9-7-13-27(3,4)24(19)12-11-21-15-22(18-25(29)30)17-23(16-21)26-20(2)10-8-14-28(26,5)6/h11-12,15,18,23H,7-10,13-14,16-17H2,1-6H3,(H,29,30)/b12-11+,22-18-/t23-/m1/s1. The van der Waals surface area contributed by atoms with E-state index < -0.39 is 5.97 Å². The lowest BCUT2D eigenvalue weighted by Crippen LogP contribution is -2.27. The summed E-state index contributed by atoms with van der Waals surface area (Å²) in [7, 11) is 0. The molecule has 0 aromatic carbocycles. The summed E-state index contributed by atoms with van der Waals surface area (Å²) in [4.78, 5) is 11.4. The summed E-state index contributed by atoms with van der Waals surface area (Å²) >= 11 is 0. The number of carboxylic acids is 1. The number of allylic oxidation sites excluding steroid dienone is 9. The van der Waals surface area contributed by atoms with E-state index in [0.29, 0.717) is 5.92 Å². The molecular weight excluding hydrogens is 368 g/mol. The van der Waals surface area contributed by atoms with Gasteiger partial charge in [-0.3, -0.25) is 0 Å². The maximum atomic E-state index is 11.4. The summed E-state index contributed by atoms with van der Waals surface area (Å²) in [6.07, 6.45) is 17.4. The van der Waals surface area contributed by atoms with Gasteiger partial charge in [-0.2, -0.15) is 0 Å². The molecule has 2 nitrogen and oxygen atoms in total. The first kappa shape index (κ1) is 22.8. The van der Waals surface area contributed by atoms with Gasteiger partial charge in [-0.15, -0.1) is 0 Å². The zero-order chi connectivity index (χ0) is 22.1. The second kappa shape index (κ2) is 8.73. The molecule has 0 amide bonds. The molecule has 0 bridgehead atoms. The summed E-state index contributed by atoms with van der Waals surface area (Å²) in [5.74, 6) is -0.434. The normalized spacial score (nSPS) is 28.3. The Hall–Kier alpha value is -1.83. The van der Waals surface area contributed by atoms with Crippen molar-refractivity contribution < 1.29 is 9.90 Å². The van der Waals surface area contributed by atoms with Gasteiger partial charge in [-0.05, 0) is 98.7 Å². The summed E-state index contributed by atoms with van der Waals surface area (Å²) in [6.45, 7) is 14.0. The molecule has 1 N–H and O–H groups in total. The van der Waals surface area contributed by atoms with E-state index in [4.69, 9.17) is 0 Å². The van der Waals surface area contributed by atoms with Crippen LogP contribution in [0.2, 0.25) is 0 Å². The Balaban J connectivity index is 1.96. The predicted octanol–water partition coefficient (Wildman–Crippen LogP) is 7.94. The van der Waals surface area contributed by atoms with Gasteiger partial charge < -0.3 is 5.11 Å². The van der Waals surface area contributed by atoms with Crippen molar-refractivity contribution in [3.8, 4) is 0 Å². The summed E-state index contributed by atoms with van der Waals surface area (Å²) < 4.78 is 0. The van der Waals surface area contributed by atoms with E-state index >= 15 is 0 Å². The first-order valence-corrected chi connectivity index (χ1v) is 11.7. The Morgan fingerprint density at radius 3 is 2.20 bits per heavy atom. The quantitative estimate of drug-likeness (QED) is 0.378. The van der Waals surface area contributed by atoms with Crippen molar-refractivity contribution in [1.29, 1.82) is 0 Å². The fourth-order valence-corrected chi connectivity index (χ4v) is 6.32. The van der Waals surface area contributed by atoms with Gasteiger partial charge in [-0.25, -0.2) is 4.79 Å². The second-order valence-electron chi connectivity index (χ2n) is 11.1. The molecule has 1 atom stereocenters. The third kappa shape index (κ3) is 5.07. The number of carboxylic acid groups (broad SMARTS) is 1. The topological polar surface area (TPSA) is 37.3 Å². The minimum absolute atomic E-state index is 0.206. The van der Waals surface area contributed by atoms with E-state index in [2.05, 4.69) is 59.8 Å². The highest BCUT2D eigenvalue weighted by Crippen LogP contribution is 2.49. The van der Waals surface area contributed by atoms with Gasteiger partial charge in [0, 0.05) is 6.08 Å². The molecule has 0 saturated carbocycles. The lowest BCUT2D eigenvalue weighted by molar-refractivity contribution is -0.131. The average Bonchev–Trinajstić information content (AvgIpc) is 2.59. The van der Waals surface area contributed by atoms with E-state index in [9.17, 15) is 9.90 Å². The Morgan fingerprint density at radius 2 is 1.60 bits per heavy atom.